The molecule has 0 aliphatic carbocycles. The molecule has 90 valence electrons. The molecule has 0 aliphatic rings. The first kappa shape index (κ1) is 11.5. The molecule has 7 heteroatoms. The second-order valence-corrected chi connectivity index (χ2v) is 5.27. The summed E-state index contributed by atoms with van der Waals surface area (Å²) in [6.45, 7) is 1.92. The summed E-state index contributed by atoms with van der Waals surface area (Å²) in [6.07, 6.45) is 1.17. The molecule has 0 saturated heterocycles. The highest BCUT2D eigenvalue weighted by Crippen LogP contribution is 2.19. The number of hydrogen-bond donors (Lipinski definition) is 3. The molecule has 0 atom stereocenters. The van der Waals surface area contributed by atoms with Crippen molar-refractivity contribution in [2.45, 2.75) is 11.8 Å². The average Bonchev–Trinajstić information content (AvgIpc) is 2.68. The van der Waals surface area contributed by atoms with E-state index in [4.69, 9.17) is 5.73 Å². The number of aromatic amines is 1. The fourth-order valence-electron chi connectivity index (χ4n) is 1.33. The number of anilines is 2. The number of benzene rings is 1. The Labute approximate surface area is 98.9 Å². The van der Waals surface area contributed by atoms with E-state index in [0.717, 1.165) is 5.56 Å². The lowest BCUT2D eigenvalue weighted by atomic mass is 10.2. The van der Waals surface area contributed by atoms with Gasteiger partial charge in [0.2, 0.25) is 0 Å². The number of rotatable bonds is 3. The monoisotopic (exact) mass is 252 g/mol. The standard InChI is InChI=1S/C10H12N4O2S/c1-7-2-4-8(5-3-7)14-17(15,16)9-6-12-13-10(9)11/h2-6,14H,1H3,(H3,11,12,13). The third-order valence-electron chi connectivity index (χ3n) is 2.23. The van der Waals surface area contributed by atoms with Crippen LogP contribution in [0.15, 0.2) is 35.4 Å². The highest BCUT2D eigenvalue weighted by Gasteiger charge is 2.19. The Balaban J connectivity index is 2.30. The van der Waals surface area contributed by atoms with Gasteiger partial charge < -0.3 is 5.73 Å². The predicted molar refractivity (Wildman–Crippen MR) is 65.0 cm³/mol. The Morgan fingerprint density at radius 1 is 1.29 bits per heavy atom. The molecule has 17 heavy (non-hydrogen) atoms. The number of hydrogen-bond acceptors (Lipinski definition) is 4. The minimum Gasteiger partial charge on any atom is -0.383 e. The smallest absolute Gasteiger partial charge is 0.267 e. The molecule has 2 aromatic rings. The minimum absolute atomic E-state index is 0.0182. The third-order valence-corrected chi connectivity index (χ3v) is 3.63. The van der Waals surface area contributed by atoms with Crippen molar-refractivity contribution in [3.05, 3.63) is 36.0 Å². The van der Waals surface area contributed by atoms with Gasteiger partial charge in [-0.25, -0.2) is 8.42 Å². The molecule has 0 radical (unpaired) electrons. The number of sulfonamides is 1. The van der Waals surface area contributed by atoms with Gasteiger partial charge in [-0.05, 0) is 19.1 Å². The summed E-state index contributed by atoms with van der Waals surface area (Å²) >= 11 is 0. The van der Waals surface area contributed by atoms with Gasteiger partial charge >= 0.3 is 0 Å². The predicted octanol–water partition coefficient (Wildman–Crippen LogP) is 1.10. The van der Waals surface area contributed by atoms with Crippen LogP contribution in [0.5, 0.6) is 0 Å². The number of H-pyrrole nitrogens is 1. The zero-order valence-corrected chi connectivity index (χ0v) is 9.95. The summed E-state index contributed by atoms with van der Waals surface area (Å²) in [5.41, 5.74) is 7.00. The third kappa shape index (κ3) is 2.39. The van der Waals surface area contributed by atoms with Gasteiger partial charge in [-0.2, -0.15) is 5.10 Å². The molecular weight excluding hydrogens is 240 g/mol. The lowest BCUT2D eigenvalue weighted by molar-refractivity contribution is 0.601. The van der Waals surface area contributed by atoms with Crippen LogP contribution in [0.4, 0.5) is 11.5 Å². The van der Waals surface area contributed by atoms with Gasteiger partial charge in [0, 0.05) is 5.69 Å². The van der Waals surface area contributed by atoms with Crippen LogP contribution < -0.4 is 10.5 Å². The van der Waals surface area contributed by atoms with Gasteiger partial charge in [-0.15, -0.1) is 0 Å². The van der Waals surface area contributed by atoms with Gasteiger partial charge in [-0.3, -0.25) is 9.82 Å². The van der Waals surface area contributed by atoms with Crippen molar-refractivity contribution in [1.29, 1.82) is 0 Å². The van der Waals surface area contributed by atoms with Gasteiger partial charge in [0.25, 0.3) is 10.0 Å². The summed E-state index contributed by atoms with van der Waals surface area (Å²) in [5, 5.41) is 5.95. The quantitative estimate of drug-likeness (QED) is 0.761. The summed E-state index contributed by atoms with van der Waals surface area (Å²) in [6, 6.07) is 7.00. The molecule has 1 heterocycles. The second kappa shape index (κ2) is 4.10. The lowest BCUT2D eigenvalue weighted by Gasteiger charge is -2.06. The first-order chi connectivity index (χ1) is 7.99. The van der Waals surface area contributed by atoms with E-state index in [-0.39, 0.29) is 10.7 Å². The maximum absolute atomic E-state index is 11.9. The molecular formula is C10H12N4O2S. The van der Waals surface area contributed by atoms with Crippen molar-refractivity contribution in [2.75, 3.05) is 10.5 Å². The van der Waals surface area contributed by atoms with Crippen molar-refractivity contribution < 1.29 is 8.42 Å². The number of nitrogens with zero attached hydrogens (tertiary/aromatic N) is 1. The van der Waals surface area contributed by atoms with Crippen LogP contribution in [0, 0.1) is 6.92 Å². The second-order valence-electron chi connectivity index (χ2n) is 3.62. The maximum atomic E-state index is 11.9. The Hall–Kier alpha value is -2.02. The number of aromatic nitrogens is 2. The Morgan fingerprint density at radius 2 is 1.94 bits per heavy atom. The fourth-order valence-corrected chi connectivity index (χ4v) is 2.41. The number of nitrogen functional groups attached to an aromatic ring is 1. The molecule has 0 fully saturated rings. The van der Waals surface area contributed by atoms with E-state index in [1.54, 1.807) is 12.1 Å². The Bertz CT molecular complexity index is 616. The van der Waals surface area contributed by atoms with Gasteiger partial charge in [0.05, 0.1) is 6.20 Å². The summed E-state index contributed by atoms with van der Waals surface area (Å²) in [5.74, 6) is 0.0182. The van der Waals surface area contributed by atoms with Crippen molar-refractivity contribution in [3.63, 3.8) is 0 Å². The lowest BCUT2D eigenvalue weighted by Crippen LogP contribution is -2.13. The van der Waals surface area contributed by atoms with Crippen LogP contribution in [0.3, 0.4) is 0 Å². The average molecular weight is 252 g/mol. The molecule has 6 nitrogen and oxygen atoms in total. The van der Waals surface area contributed by atoms with E-state index in [1.807, 2.05) is 19.1 Å². The summed E-state index contributed by atoms with van der Waals surface area (Å²) < 4.78 is 26.3. The molecule has 2 rings (SSSR count). The molecule has 0 spiro atoms. The molecule has 4 N–H and O–H groups in total. The van der Waals surface area contributed by atoms with E-state index >= 15 is 0 Å². The van der Waals surface area contributed by atoms with Crippen LogP contribution in [0.2, 0.25) is 0 Å². The van der Waals surface area contributed by atoms with Crippen molar-refractivity contribution in [2.24, 2.45) is 0 Å². The van der Waals surface area contributed by atoms with Crippen molar-refractivity contribution in [1.82, 2.24) is 10.2 Å². The molecule has 1 aromatic heterocycles. The van der Waals surface area contributed by atoms with Crippen LogP contribution in [-0.4, -0.2) is 18.6 Å². The SMILES string of the molecule is Cc1ccc(NS(=O)(=O)c2cn[nH]c2N)cc1. The van der Waals surface area contributed by atoms with E-state index < -0.39 is 10.0 Å². The maximum Gasteiger partial charge on any atom is 0.267 e. The number of aryl methyl sites for hydroxylation is 1. The molecule has 0 amide bonds. The Kier molecular flexibility index (Phi) is 2.76. The zero-order chi connectivity index (χ0) is 12.5. The minimum atomic E-state index is -3.68. The van der Waals surface area contributed by atoms with Crippen LogP contribution in [0.25, 0.3) is 0 Å². The molecule has 0 bridgehead atoms. The highest BCUT2D eigenvalue weighted by atomic mass is 32.2. The first-order valence-electron chi connectivity index (χ1n) is 4.87. The van der Waals surface area contributed by atoms with Crippen LogP contribution >= 0.6 is 0 Å². The van der Waals surface area contributed by atoms with Gasteiger partial charge in [0.15, 0.2) is 0 Å². The van der Waals surface area contributed by atoms with E-state index in [0.29, 0.717) is 5.69 Å². The van der Waals surface area contributed by atoms with Crippen molar-refractivity contribution >= 4 is 21.5 Å². The Morgan fingerprint density at radius 3 is 2.47 bits per heavy atom. The molecule has 0 unspecified atom stereocenters. The fraction of sp³-hybridized carbons (Fsp3) is 0.100. The van der Waals surface area contributed by atoms with Crippen LogP contribution in [0.1, 0.15) is 5.56 Å². The number of nitrogens with one attached hydrogen (secondary N) is 2. The molecule has 0 aliphatic heterocycles. The van der Waals surface area contributed by atoms with E-state index in [1.165, 1.54) is 6.20 Å². The van der Waals surface area contributed by atoms with Gasteiger partial charge in [-0.1, -0.05) is 17.7 Å². The number of nitrogens with two attached hydrogens (primary N) is 1. The van der Waals surface area contributed by atoms with E-state index in [2.05, 4.69) is 14.9 Å². The summed E-state index contributed by atoms with van der Waals surface area (Å²) in [4.78, 5) is -0.0573. The largest absolute Gasteiger partial charge is 0.383 e. The zero-order valence-electron chi connectivity index (χ0n) is 9.14. The molecule has 1 aromatic carbocycles. The van der Waals surface area contributed by atoms with E-state index in [9.17, 15) is 8.42 Å². The van der Waals surface area contributed by atoms with Crippen molar-refractivity contribution in [3.8, 4) is 0 Å². The normalized spacial score (nSPS) is 11.4. The highest BCUT2D eigenvalue weighted by molar-refractivity contribution is 7.92. The topological polar surface area (TPSA) is 101 Å². The molecule has 0 saturated carbocycles. The first-order valence-corrected chi connectivity index (χ1v) is 6.36. The van der Waals surface area contributed by atoms with Crippen LogP contribution in [-0.2, 0) is 10.0 Å². The summed E-state index contributed by atoms with van der Waals surface area (Å²) in [7, 11) is -3.68. The van der Waals surface area contributed by atoms with Gasteiger partial charge in [0.1, 0.15) is 10.7 Å².